The number of benzene rings is 2. The van der Waals surface area contributed by atoms with E-state index in [2.05, 4.69) is 10.6 Å². The number of nitrogens with one attached hydrogen (secondary N) is 2. The highest BCUT2D eigenvalue weighted by atomic mass is 35.5. The second-order valence-corrected chi connectivity index (χ2v) is 6.57. The van der Waals surface area contributed by atoms with Crippen LogP contribution >= 0.6 is 11.6 Å². The summed E-state index contributed by atoms with van der Waals surface area (Å²) in [6.07, 6.45) is 0.847. The number of ether oxygens (including phenoxy) is 1. The van der Waals surface area contributed by atoms with Gasteiger partial charge in [-0.3, -0.25) is 10.1 Å². The standard InChI is InChI=1S/C18H18ClN3O4/c19-13-6-7-17(22(24)25)16(8-13)20-14-9-15(10-14)21-18(23)26-11-12-4-2-1-3-5-12/h1-8,14-15,20H,9-11H2,(H,21,23). The van der Waals surface area contributed by atoms with Crippen molar-refractivity contribution in [2.75, 3.05) is 5.32 Å². The molecule has 1 saturated carbocycles. The molecule has 1 fully saturated rings. The third-order valence-electron chi connectivity index (χ3n) is 4.19. The van der Waals surface area contributed by atoms with Gasteiger partial charge in [-0.15, -0.1) is 0 Å². The molecule has 2 N–H and O–H groups in total. The van der Waals surface area contributed by atoms with Gasteiger partial charge in [0.15, 0.2) is 0 Å². The van der Waals surface area contributed by atoms with Gasteiger partial charge in [-0.05, 0) is 30.5 Å². The zero-order valence-corrected chi connectivity index (χ0v) is 14.6. The summed E-state index contributed by atoms with van der Waals surface area (Å²) < 4.78 is 5.18. The molecule has 0 atom stereocenters. The van der Waals surface area contributed by atoms with Gasteiger partial charge >= 0.3 is 6.09 Å². The molecule has 0 bridgehead atoms. The van der Waals surface area contributed by atoms with Crippen LogP contribution in [0, 0.1) is 10.1 Å². The Morgan fingerprint density at radius 2 is 1.92 bits per heavy atom. The van der Waals surface area contributed by atoms with Crippen molar-refractivity contribution >= 4 is 29.1 Å². The molecule has 0 saturated heterocycles. The van der Waals surface area contributed by atoms with Crippen molar-refractivity contribution in [3.63, 3.8) is 0 Å². The lowest BCUT2D eigenvalue weighted by atomic mass is 9.86. The van der Waals surface area contributed by atoms with Gasteiger partial charge in [0.1, 0.15) is 12.3 Å². The third kappa shape index (κ3) is 4.64. The Hall–Kier alpha value is -2.80. The molecule has 3 rings (SSSR count). The number of halogens is 1. The quantitative estimate of drug-likeness (QED) is 0.585. The Bertz CT molecular complexity index is 794. The third-order valence-corrected chi connectivity index (χ3v) is 4.42. The molecule has 0 heterocycles. The second-order valence-electron chi connectivity index (χ2n) is 6.13. The highest BCUT2D eigenvalue weighted by molar-refractivity contribution is 6.31. The molecule has 136 valence electrons. The van der Waals surface area contributed by atoms with Crippen LogP contribution in [0.4, 0.5) is 16.2 Å². The molecule has 1 aliphatic carbocycles. The fourth-order valence-electron chi connectivity index (χ4n) is 2.79. The highest BCUT2D eigenvalue weighted by Gasteiger charge is 2.32. The fourth-order valence-corrected chi connectivity index (χ4v) is 2.96. The molecule has 1 aliphatic rings. The van der Waals surface area contributed by atoms with E-state index in [1.54, 1.807) is 0 Å². The van der Waals surface area contributed by atoms with E-state index in [0.717, 1.165) is 5.56 Å². The van der Waals surface area contributed by atoms with E-state index in [0.29, 0.717) is 23.6 Å². The number of carbonyl (C=O) groups is 1. The Morgan fingerprint density at radius 1 is 1.19 bits per heavy atom. The summed E-state index contributed by atoms with van der Waals surface area (Å²) in [4.78, 5) is 22.4. The van der Waals surface area contributed by atoms with Crippen molar-refractivity contribution in [3.8, 4) is 0 Å². The lowest BCUT2D eigenvalue weighted by Crippen LogP contribution is -2.49. The van der Waals surface area contributed by atoms with E-state index in [4.69, 9.17) is 16.3 Å². The summed E-state index contributed by atoms with van der Waals surface area (Å²) in [6, 6.07) is 13.8. The van der Waals surface area contributed by atoms with Gasteiger partial charge in [0.05, 0.1) is 4.92 Å². The maximum Gasteiger partial charge on any atom is 0.407 e. The second kappa shape index (κ2) is 8.05. The minimum absolute atomic E-state index is 0.0194. The van der Waals surface area contributed by atoms with Gasteiger partial charge in [0, 0.05) is 23.2 Å². The number of carbonyl (C=O) groups excluding carboxylic acids is 1. The molecule has 0 unspecified atom stereocenters. The predicted molar refractivity (Wildman–Crippen MR) is 98.3 cm³/mol. The molecular weight excluding hydrogens is 358 g/mol. The number of nitro benzene ring substituents is 1. The van der Waals surface area contributed by atoms with E-state index < -0.39 is 11.0 Å². The zero-order chi connectivity index (χ0) is 18.5. The van der Waals surface area contributed by atoms with Crippen molar-refractivity contribution in [2.24, 2.45) is 0 Å². The van der Waals surface area contributed by atoms with E-state index in [1.165, 1.54) is 18.2 Å². The van der Waals surface area contributed by atoms with Crippen LogP contribution in [0.3, 0.4) is 0 Å². The van der Waals surface area contributed by atoms with Crippen LogP contribution in [0.2, 0.25) is 5.02 Å². The summed E-state index contributed by atoms with van der Waals surface area (Å²) in [5.74, 6) is 0. The van der Waals surface area contributed by atoms with Crippen LogP contribution in [0.5, 0.6) is 0 Å². The maximum absolute atomic E-state index is 11.8. The lowest BCUT2D eigenvalue weighted by Gasteiger charge is -2.36. The monoisotopic (exact) mass is 375 g/mol. The predicted octanol–water partition coefficient (Wildman–Crippen LogP) is 4.12. The molecule has 2 aromatic rings. The van der Waals surface area contributed by atoms with Crippen LogP contribution in [0.15, 0.2) is 48.5 Å². The van der Waals surface area contributed by atoms with Crippen LogP contribution < -0.4 is 10.6 Å². The highest BCUT2D eigenvalue weighted by Crippen LogP contribution is 2.32. The Balaban J connectivity index is 1.44. The van der Waals surface area contributed by atoms with Crippen molar-refractivity contribution in [2.45, 2.75) is 31.5 Å². The summed E-state index contributed by atoms with van der Waals surface area (Å²) in [5, 5.41) is 17.4. The van der Waals surface area contributed by atoms with Gasteiger partial charge in [0.25, 0.3) is 5.69 Å². The van der Waals surface area contributed by atoms with Crippen LogP contribution in [0.1, 0.15) is 18.4 Å². The normalized spacial score (nSPS) is 18.5. The molecule has 7 nitrogen and oxygen atoms in total. The molecule has 0 aromatic heterocycles. The molecule has 0 spiro atoms. The SMILES string of the molecule is O=C(NC1CC(Nc2cc(Cl)ccc2[N+](=O)[O-])C1)OCc1ccccc1. The zero-order valence-electron chi connectivity index (χ0n) is 13.9. The van der Waals surface area contributed by atoms with Crippen LogP contribution in [-0.2, 0) is 11.3 Å². The van der Waals surface area contributed by atoms with Crippen molar-refractivity contribution in [1.29, 1.82) is 0 Å². The van der Waals surface area contributed by atoms with Crippen molar-refractivity contribution < 1.29 is 14.5 Å². The first-order chi connectivity index (χ1) is 12.5. The van der Waals surface area contributed by atoms with E-state index in [9.17, 15) is 14.9 Å². The molecule has 26 heavy (non-hydrogen) atoms. The number of nitrogens with zero attached hydrogens (tertiary/aromatic N) is 1. The molecule has 0 aliphatic heterocycles. The van der Waals surface area contributed by atoms with Crippen LogP contribution in [-0.4, -0.2) is 23.1 Å². The smallest absolute Gasteiger partial charge is 0.407 e. The first kappa shape index (κ1) is 18.0. The number of rotatable bonds is 6. The number of nitro groups is 1. The van der Waals surface area contributed by atoms with Crippen molar-refractivity contribution in [1.82, 2.24) is 5.32 Å². The summed E-state index contributed by atoms with van der Waals surface area (Å²) in [6.45, 7) is 0.218. The maximum atomic E-state index is 11.8. The lowest BCUT2D eigenvalue weighted by molar-refractivity contribution is -0.384. The Labute approximate surface area is 155 Å². The number of hydrogen-bond donors (Lipinski definition) is 2. The van der Waals surface area contributed by atoms with Crippen LogP contribution in [0.25, 0.3) is 0 Å². The van der Waals surface area contributed by atoms with Crippen molar-refractivity contribution in [3.05, 3.63) is 69.2 Å². The van der Waals surface area contributed by atoms with E-state index >= 15 is 0 Å². The van der Waals surface area contributed by atoms with Gasteiger partial charge < -0.3 is 15.4 Å². The summed E-state index contributed by atoms with van der Waals surface area (Å²) in [7, 11) is 0. The average Bonchev–Trinajstić information content (AvgIpc) is 2.59. The van der Waals surface area contributed by atoms with Gasteiger partial charge in [-0.1, -0.05) is 41.9 Å². The Kier molecular flexibility index (Phi) is 5.58. The first-order valence-corrected chi connectivity index (χ1v) is 8.57. The molecular formula is C18H18ClN3O4. The topological polar surface area (TPSA) is 93.5 Å². The van der Waals surface area contributed by atoms with Gasteiger partial charge in [-0.25, -0.2) is 4.79 Å². The molecule has 0 radical (unpaired) electrons. The number of hydrogen-bond acceptors (Lipinski definition) is 5. The molecule has 8 heteroatoms. The minimum Gasteiger partial charge on any atom is -0.445 e. The Morgan fingerprint density at radius 3 is 2.62 bits per heavy atom. The van der Waals surface area contributed by atoms with Gasteiger partial charge in [-0.2, -0.15) is 0 Å². The largest absolute Gasteiger partial charge is 0.445 e. The average molecular weight is 376 g/mol. The number of anilines is 1. The van der Waals surface area contributed by atoms with E-state index in [1.807, 2.05) is 30.3 Å². The van der Waals surface area contributed by atoms with E-state index in [-0.39, 0.29) is 24.4 Å². The number of alkyl carbamates (subject to hydrolysis) is 1. The summed E-state index contributed by atoms with van der Waals surface area (Å²) >= 11 is 5.91. The molecule has 2 aromatic carbocycles. The first-order valence-electron chi connectivity index (χ1n) is 8.19. The minimum atomic E-state index is -0.467. The molecule has 1 amide bonds. The summed E-state index contributed by atoms with van der Waals surface area (Å²) in [5.41, 5.74) is 1.29. The number of amides is 1. The van der Waals surface area contributed by atoms with Gasteiger partial charge in [0.2, 0.25) is 0 Å². The fraction of sp³-hybridized carbons (Fsp3) is 0.278.